The molecule has 0 bridgehead atoms. The molecule has 1 fully saturated rings. The van der Waals surface area contributed by atoms with Crippen LogP contribution in [0.15, 0.2) is 60.2 Å². The van der Waals surface area contributed by atoms with Gasteiger partial charge in [-0.15, -0.1) is 0 Å². The quantitative estimate of drug-likeness (QED) is 0.510. The lowest BCUT2D eigenvalue weighted by molar-refractivity contribution is 0.0535. The molecule has 4 rings (SSSR count). The van der Waals surface area contributed by atoms with Crippen LogP contribution in [0.25, 0.3) is 16.8 Å². The van der Waals surface area contributed by atoms with Crippen molar-refractivity contribution in [3.63, 3.8) is 0 Å². The fourth-order valence-electron chi connectivity index (χ4n) is 4.27. The zero-order valence-corrected chi connectivity index (χ0v) is 18.6. The molecule has 31 heavy (non-hydrogen) atoms. The second-order valence-corrected chi connectivity index (χ2v) is 8.52. The molecule has 0 aromatic heterocycles. The van der Waals surface area contributed by atoms with Crippen molar-refractivity contribution in [3.05, 3.63) is 82.1 Å². The van der Waals surface area contributed by atoms with Gasteiger partial charge in [0.1, 0.15) is 11.6 Å². The van der Waals surface area contributed by atoms with Crippen LogP contribution in [0.5, 0.6) is 5.75 Å². The van der Waals surface area contributed by atoms with E-state index in [0.29, 0.717) is 10.8 Å². The van der Waals surface area contributed by atoms with Gasteiger partial charge in [0.2, 0.25) is 0 Å². The number of nitrogens with zero attached hydrogens (tertiary/aromatic N) is 1. The monoisotopic (exact) mass is 439 g/mol. The van der Waals surface area contributed by atoms with Crippen LogP contribution >= 0.6 is 11.6 Å². The van der Waals surface area contributed by atoms with Crippen molar-refractivity contribution in [1.82, 2.24) is 4.90 Å². The highest BCUT2D eigenvalue weighted by Gasteiger charge is 2.26. The Kier molecular flexibility index (Phi) is 6.61. The van der Waals surface area contributed by atoms with Crippen LogP contribution in [-0.2, 0) is 0 Å². The Bertz CT molecular complexity index is 1090. The van der Waals surface area contributed by atoms with E-state index in [0.717, 1.165) is 47.8 Å². The van der Waals surface area contributed by atoms with E-state index in [1.165, 1.54) is 17.7 Å². The second kappa shape index (κ2) is 9.39. The van der Waals surface area contributed by atoms with Crippen LogP contribution in [0.2, 0.25) is 5.02 Å². The summed E-state index contributed by atoms with van der Waals surface area (Å²) in [7, 11) is 1.60. The Balaban J connectivity index is 1.44. The van der Waals surface area contributed by atoms with Gasteiger partial charge in [0.25, 0.3) is 0 Å². The molecule has 5 heteroatoms. The molecule has 1 heterocycles. The lowest BCUT2D eigenvalue weighted by Gasteiger charge is -2.36. The predicted molar refractivity (Wildman–Crippen MR) is 125 cm³/mol. The number of hydrogen-bond acceptors (Lipinski definition) is 3. The first-order valence-electron chi connectivity index (χ1n) is 10.6. The van der Waals surface area contributed by atoms with Gasteiger partial charge in [0.15, 0.2) is 0 Å². The smallest absolute Gasteiger partial charge is 0.138 e. The maximum atomic E-state index is 13.1. The third-order valence-corrected chi connectivity index (χ3v) is 6.61. The van der Waals surface area contributed by atoms with Crippen molar-refractivity contribution < 1.29 is 14.2 Å². The Morgan fingerprint density at radius 2 is 1.77 bits per heavy atom. The molecule has 0 amide bonds. The van der Waals surface area contributed by atoms with Crippen LogP contribution in [-0.4, -0.2) is 36.2 Å². The average Bonchev–Trinajstić information content (AvgIpc) is 2.80. The Morgan fingerprint density at radius 3 is 2.45 bits per heavy atom. The fraction of sp³-hybridized carbons (Fsp3) is 0.308. The molecular formula is C26H27ClFNO2. The molecule has 0 spiro atoms. The molecule has 0 radical (unpaired) electrons. The van der Waals surface area contributed by atoms with Crippen molar-refractivity contribution in [2.24, 2.45) is 0 Å². The van der Waals surface area contributed by atoms with Crippen molar-refractivity contribution in [2.45, 2.75) is 31.9 Å². The van der Waals surface area contributed by atoms with Gasteiger partial charge in [-0.25, -0.2) is 4.39 Å². The van der Waals surface area contributed by atoms with Crippen LogP contribution in [0.1, 0.15) is 37.0 Å². The van der Waals surface area contributed by atoms with Gasteiger partial charge in [-0.2, -0.15) is 0 Å². The number of ether oxygens (including phenoxy) is 1. The van der Waals surface area contributed by atoms with Crippen molar-refractivity contribution in [3.8, 4) is 5.75 Å². The van der Waals surface area contributed by atoms with Gasteiger partial charge >= 0.3 is 0 Å². The van der Waals surface area contributed by atoms with Gasteiger partial charge in [-0.05, 0) is 60.5 Å². The summed E-state index contributed by atoms with van der Waals surface area (Å²) in [5.74, 6) is 0.434. The minimum atomic E-state index is -0.590. The van der Waals surface area contributed by atoms with E-state index >= 15 is 0 Å². The lowest BCUT2D eigenvalue weighted by Crippen LogP contribution is -2.41. The summed E-state index contributed by atoms with van der Waals surface area (Å²) in [5, 5.41) is 13.5. The van der Waals surface area contributed by atoms with Crippen molar-refractivity contribution >= 4 is 28.4 Å². The van der Waals surface area contributed by atoms with E-state index in [1.54, 1.807) is 7.11 Å². The van der Waals surface area contributed by atoms with E-state index < -0.39 is 6.10 Å². The normalized spacial score (nSPS) is 16.9. The van der Waals surface area contributed by atoms with Gasteiger partial charge in [-0.3, -0.25) is 4.90 Å². The van der Waals surface area contributed by atoms with Gasteiger partial charge < -0.3 is 9.84 Å². The minimum Gasteiger partial charge on any atom is -0.495 e. The molecule has 0 saturated carbocycles. The number of aliphatic hydroxyl groups is 1. The molecule has 1 aliphatic rings. The molecule has 1 N–H and O–H groups in total. The van der Waals surface area contributed by atoms with Gasteiger partial charge in [-0.1, -0.05) is 53.6 Å². The molecule has 0 aliphatic carbocycles. The molecule has 3 aromatic carbocycles. The Labute approximate surface area is 187 Å². The molecule has 2 unspecified atom stereocenters. The van der Waals surface area contributed by atoms with Gasteiger partial charge in [0.05, 0.1) is 18.2 Å². The summed E-state index contributed by atoms with van der Waals surface area (Å²) in [6, 6.07) is 16.3. The fourth-order valence-corrected chi connectivity index (χ4v) is 4.58. The van der Waals surface area contributed by atoms with E-state index in [9.17, 15) is 9.50 Å². The molecule has 162 valence electrons. The van der Waals surface area contributed by atoms with Crippen LogP contribution in [0, 0.1) is 5.82 Å². The number of hydrogen-bond donors (Lipinski definition) is 1. The molecule has 2 atom stereocenters. The number of likely N-dealkylation sites (tertiary alicyclic amines) is 1. The summed E-state index contributed by atoms with van der Waals surface area (Å²) in [6.45, 7) is 3.86. The first kappa shape index (κ1) is 21.8. The summed E-state index contributed by atoms with van der Waals surface area (Å²) < 4.78 is 18.4. The van der Waals surface area contributed by atoms with E-state index in [2.05, 4.69) is 17.9 Å². The summed E-state index contributed by atoms with van der Waals surface area (Å²) >= 11 is 6.42. The van der Waals surface area contributed by atoms with E-state index in [1.807, 2.05) is 42.5 Å². The lowest BCUT2D eigenvalue weighted by atomic mass is 9.95. The maximum absolute atomic E-state index is 13.1. The number of benzene rings is 3. The SMILES string of the molecule is COc1ccc2cc(C(O)C(C)N3CCC(=Cc4ccc(F)cc4)CC3)ccc2c1Cl. The summed E-state index contributed by atoms with van der Waals surface area (Å²) in [5.41, 5.74) is 3.28. The topological polar surface area (TPSA) is 32.7 Å². The van der Waals surface area contributed by atoms with Crippen LogP contribution in [0.4, 0.5) is 4.39 Å². The largest absolute Gasteiger partial charge is 0.495 e. The number of rotatable bonds is 5. The maximum Gasteiger partial charge on any atom is 0.138 e. The standard InChI is InChI=1S/C26H27ClFNO2/c1-17(29-13-11-19(12-14-29)15-18-3-7-22(28)8-4-18)26(30)21-5-9-23-20(16-21)6-10-24(31-2)25(23)27/h3-10,15-17,26,30H,11-14H2,1-2H3. The Morgan fingerprint density at radius 1 is 1.06 bits per heavy atom. The number of fused-ring (bicyclic) bond motifs is 1. The number of piperidine rings is 1. The first-order valence-corrected chi connectivity index (χ1v) is 11.0. The molecule has 3 aromatic rings. The van der Waals surface area contributed by atoms with Crippen LogP contribution in [0.3, 0.4) is 0 Å². The van der Waals surface area contributed by atoms with E-state index in [-0.39, 0.29) is 11.9 Å². The predicted octanol–water partition coefficient (Wildman–Crippen LogP) is 6.24. The zero-order valence-electron chi connectivity index (χ0n) is 17.8. The van der Waals surface area contributed by atoms with Crippen LogP contribution < -0.4 is 4.74 Å². The first-order chi connectivity index (χ1) is 15.0. The highest BCUT2D eigenvalue weighted by atomic mass is 35.5. The molecule has 1 saturated heterocycles. The minimum absolute atomic E-state index is 0.00135. The summed E-state index contributed by atoms with van der Waals surface area (Å²) in [6.07, 6.45) is 3.45. The molecule has 3 nitrogen and oxygen atoms in total. The highest BCUT2D eigenvalue weighted by Crippen LogP contribution is 2.35. The number of methoxy groups -OCH3 is 1. The second-order valence-electron chi connectivity index (χ2n) is 8.14. The third kappa shape index (κ3) is 4.77. The highest BCUT2D eigenvalue weighted by molar-refractivity contribution is 6.37. The third-order valence-electron chi connectivity index (χ3n) is 6.22. The Hall–Kier alpha value is -2.40. The summed E-state index contributed by atoms with van der Waals surface area (Å²) in [4.78, 5) is 2.33. The number of aliphatic hydroxyl groups excluding tert-OH is 1. The van der Waals surface area contributed by atoms with Gasteiger partial charge in [0, 0.05) is 24.5 Å². The zero-order chi connectivity index (χ0) is 22.0. The number of halogens is 2. The average molecular weight is 440 g/mol. The van der Waals surface area contributed by atoms with E-state index in [4.69, 9.17) is 16.3 Å². The van der Waals surface area contributed by atoms with Crippen molar-refractivity contribution in [2.75, 3.05) is 20.2 Å². The molecule has 1 aliphatic heterocycles. The molecular weight excluding hydrogens is 413 g/mol. The van der Waals surface area contributed by atoms with Crippen molar-refractivity contribution in [1.29, 1.82) is 0 Å².